The van der Waals surface area contributed by atoms with Gasteiger partial charge in [-0.25, -0.2) is 4.39 Å². The van der Waals surface area contributed by atoms with Crippen LogP contribution in [0.4, 0.5) is 4.39 Å². The Labute approximate surface area is 101 Å². The predicted octanol–water partition coefficient (Wildman–Crippen LogP) is 3.37. The van der Waals surface area contributed by atoms with E-state index in [0.29, 0.717) is 6.54 Å². The highest BCUT2D eigenvalue weighted by Gasteiger charge is 2.04. The van der Waals surface area contributed by atoms with Crippen LogP contribution in [0.5, 0.6) is 0 Å². The maximum absolute atomic E-state index is 12.9. The van der Waals surface area contributed by atoms with Crippen molar-refractivity contribution in [2.24, 2.45) is 0 Å². The van der Waals surface area contributed by atoms with Gasteiger partial charge in [-0.2, -0.15) is 0 Å². The van der Waals surface area contributed by atoms with E-state index in [1.165, 1.54) is 6.07 Å². The van der Waals surface area contributed by atoms with Crippen molar-refractivity contribution < 1.29 is 4.39 Å². The number of hydrogen-bond donors (Lipinski definition) is 1. The predicted molar refractivity (Wildman–Crippen MR) is 65.8 cm³/mol. The van der Waals surface area contributed by atoms with Crippen LogP contribution in [0.3, 0.4) is 0 Å². The van der Waals surface area contributed by atoms with Gasteiger partial charge in [0, 0.05) is 6.54 Å². The van der Waals surface area contributed by atoms with E-state index in [4.69, 9.17) is 18.0 Å². The van der Waals surface area contributed by atoms with Crippen LogP contribution in [-0.2, 0) is 6.54 Å². The van der Waals surface area contributed by atoms with Gasteiger partial charge < -0.3 is 0 Å². The first-order valence-electron chi connectivity index (χ1n) is 5.30. The summed E-state index contributed by atoms with van der Waals surface area (Å²) in [5, 5.41) is 3.36. The second-order valence-electron chi connectivity index (χ2n) is 3.64. The standard InChI is InChI=1S/C13H15ClFN/c1-3-5-11(4-2)16-9-10-6-7-13(15)12(14)8-10/h2,6-8,11,16H,3,5,9H2,1H3. The average Bonchev–Trinajstić information content (AvgIpc) is 2.28. The molecule has 0 saturated carbocycles. The van der Waals surface area contributed by atoms with Gasteiger partial charge in [-0.15, -0.1) is 6.42 Å². The van der Waals surface area contributed by atoms with Gasteiger partial charge in [0.2, 0.25) is 0 Å². The Balaban J connectivity index is 2.54. The molecule has 16 heavy (non-hydrogen) atoms. The molecule has 0 fully saturated rings. The molecule has 1 aromatic rings. The smallest absolute Gasteiger partial charge is 0.141 e. The highest BCUT2D eigenvalue weighted by atomic mass is 35.5. The Morgan fingerprint density at radius 2 is 2.31 bits per heavy atom. The molecule has 1 unspecified atom stereocenters. The molecule has 3 heteroatoms. The minimum atomic E-state index is -0.396. The molecule has 1 atom stereocenters. The summed E-state index contributed by atoms with van der Waals surface area (Å²) in [5.41, 5.74) is 0.933. The van der Waals surface area contributed by atoms with Crippen molar-refractivity contribution in [1.29, 1.82) is 0 Å². The third kappa shape index (κ3) is 3.84. The van der Waals surface area contributed by atoms with Gasteiger partial charge >= 0.3 is 0 Å². The van der Waals surface area contributed by atoms with Gasteiger partial charge in [-0.3, -0.25) is 5.32 Å². The molecule has 1 aromatic carbocycles. The van der Waals surface area contributed by atoms with E-state index in [1.807, 2.05) is 0 Å². The molecule has 0 bridgehead atoms. The molecular formula is C13H15ClFN. The summed E-state index contributed by atoms with van der Waals surface area (Å²) >= 11 is 5.68. The lowest BCUT2D eigenvalue weighted by Crippen LogP contribution is -2.26. The summed E-state index contributed by atoms with van der Waals surface area (Å²) in [7, 11) is 0. The minimum absolute atomic E-state index is 0.0637. The summed E-state index contributed by atoms with van der Waals surface area (Å²) in [6.07, 6.45) is 7.35. The zero-order chi connectivity index (χ0) is 12.0. The Morgan fingerprint density at radius 1 is 1.56 bits per heavy atom. The Hall–Kier alpha value is -1.04. The third-order valence-electron chi connectivity index (χ3n) is 2.32. The molecule has 0 aliphatic rings. The van der Waals surface area contributed by atoms with Gasteiger partial charge in [-0.05, 0) is 24.1 Å². The summed E-state index contributed by atoms with van der Waals surface area (Å²) in [6.45, 7) is 2.69. The fourth-order valence-electron chi connectivity index (χ4n) is 1.42. The van der Waals surface area contributed by atoms with Gasteiger partial charge in [0.25, 0.3) is 0 Å². The van der Waals surface area contributed by atoms with Crippen molar-refractivity contribution in [3.63, 3.8) is 0 Å². The van der Waals surface area contributed by atoms with Crippen molar-refractivity contribution in [2.75, 3.05) is 0 Å². The van der Waals surface area contributed by atoms with E-state index in [0.717, 1.165) is 18.4 Å². The lowest BCUT2D eigenvalue weighted by molar-refractivity contribution is 0.562. The highest BCUT2D eigenvalue weighted by Crippen LogP contribution is 2.16. The molecule has 0 spiro atoms. The summed E-state index contributed by atoms with van der Waals surface area (Å²) in [5.74, 6) is 2.29. The lowest BCUT2D eigenvalue weighted by Gasteiger charge is -2.12. The fourth-order valence-corrected chi connectivity index (χ4v) is 1.63. The fraction of sp³-hybridized carbons (Fsp3) is 0.385. The summed E-state index contributed by atoms with van der Waals surface area (Å²) < 4.78 is 12.9. The molecule has 0 aromatic heterocycles. The molecule has 1 N–H and O–H groups in total. The van der Waals surface area contributed by atoms with Crippen LogP contribution in [0.2, 0.25) is 5.02 Å². The first kappa shape index (κ1) is 13.0. The second-order valence-corrected chi connectivity index (χ2v) is 4.04. The zero-order valence-corrected chi connectivity index (χ0v) is 10.0. The van der Waals surface area contributed by atoms with Crippen LogP contribution in [0, 0.1) is 18.2 Å². The molecule has 0 aliphatic carbocycles. The normalized spacial score (nSPS) is 12.1. The molecule has 0 radical (unpaired) electrons. The second kappa shape index (κ2) is 6.52. The zero-order valence-electron chi connectivity index (χ0n) is 9.26. The van der Waals surface area contributed by atoms with Crippen molar-refractivity contribution in [2.45, 2.75) is 32.4 Å². The van der Waals surface area contributed by atoms with Crippen LogP contribution >= 0.6 is 11.6 Å². The molecule has 0 heterocycles. The van der Waals surface area contributed by atoms with Crippen molar-refractivity contribution in [1.82, 2.24) is 5.32 Å². The lowest BCUT2D eigenvalue weighted by atomic mass is 10.1. The molecule has 0 amide bonds. The highest BCUT2D eigenvalue weighted by molar-refractivity contribution is 6.30. The molecule has 86 valence electrons. The number of hydrogen-bond acceptors (Lipinski definition) is 1. The maximum atomic E-state index is 12.9. The SMILES string of the molecule is C#CC(CCC)NCc1ccc(F)c(Cl)c1. The number of benzene rings is 1. The van der Waals surface area contributed by atoms with E-state index < -0.39 is 5.82 Å². The minimum Gasteiger partial charge on any atom is -0.300 e. The van der Waals surface area contributed by atoms with E-state index >= 15 is 0 Å². The van der Waals surface area contributed by atoms with Crippen LogP contribution in [-0.4, -0.2) is 6.04 Å². The number of halogens is 2. The van der Waals surface area contributed by atoms with Gasteiger partial charge in [0.1, 0.15) is 5.82 Å². The van der Waals surface area contributed by atoms with E-state index in [2.05, 4.69) is 18.2 Å². The van der Waals surface area contributed by atoms with Gasteiger partial charge in [0.15, 0.2) is 0 Å². The van der Waals surface area contributed by atoms with E-state index in [1.54, 1.807) is 12.1 Å². The largest absolute Gasteiger partial charge is 0.300 e. The Bertz CT molecular complexity index is 384. The summed E-state index contributed by atoms with van der Waals surface area (Å²) in [6, 6.07) is 4.75. The molecular weight excluding hydrogens is 225 g/mol. The monoisotopic (exact) mass is 239 g/mol. The first-order valence-corrected chi connectivity index (χ1v) is 5.68. The van der Waals surface area contributed by atoms with Crippen molar-refractivity contribution in [3.8, 4) is 12.3 Å². The first-order chi connectivity index (χ1) is 7.67. The van der Waals surface area contributed by atoms with Crippen LogP contribution in [0.1, 0.15) is 25.3 Å². The molecule has 1 nitrogen and oxygen atoms in total. The van der Waals surface area contributed by atoms with Crippen LogP contribution < -0.4 is 5.32 Å². The van der Waals surface area contributed by atoms with E-state index in [-0.39, 0.29) is 11.1 Å². The quantitative estimate of drug-likeness (QED) is 0.777. The van der Waals surface area contributed by atoms with Crippen LogP contribution in [0.25, 0.3) is 0 Å². The molecule has 0 aliphatic heterocycles. The van der Waals surface area contributed by atoms with E-state index in [9.17, 15) is 4.39 Å². The third-order valence-corrected chi connectivity index (χ3v) is 2.60. The number of nitrogens with one attached hydrogen (secondary N) is 1. The number of terminal acetylenes is 1. The topological polar surface area (TPSA) is 12.0 Å². The molecule has 1 rings (SSSR count). The number of rotatable bonds is 5. The van der Waals surface area contributed by atoms with Gasteiger partial charge in [-0.1, -0.05) is 36.9 Å². The molecule has 0 saturated heterocycles. The van der Waals surface area contributed by atoms with Crippen molar-refractivity contribution in [3.05, 3.63) is 34.6 Å². The average molecular weight is 240 g/mol. The Kier molecular flexibility index (Phi) is 5.31. The summed E-state index contributed by atoms with van der Waals surface area (Å²) in [4.78, 5) is 0. The van der Waals surface area contributed by atoms with Crippen molar-refractivity contribution >= 4 is 11.6 Å². The Morgan fingerprint density at radius 3 is 2.88 bits per heavy atom. The van der Waals surface area contributed by atoms with Gasteiger partial charge in [0.05, 0.1) is 11.1 Å². The van der Waals surface area contributed by atoms with Crippen LogP contribution in [0.15, 0.2) is 18.2 Å². The maximum Gasteiger partial charge on any atom is 0.141 e.